The van der Waals surface area contributed by atoms with Gasteiger partial charge >= 0.3 is 0 Å². The average Bonchev–Trinajstić information content (AvgIpc) is 3.09. The van der Waals surface area contributed by atoms with Crippen molar-refractivity contribution in [2.75, 3.05) is 32.8 Å². The van der Waals surface area contributed by atoms with Crippen molar-refractivity contribution in [2.45, 2.75) is 12.0 Å². The standard InChI is InChI=1S/C18H20N4O2/c23-17(22-9-10-24-18(13-22)6-8-19-12-18)14-4-5-16(21-11-14)15-3-1-2-7-20-15/h1-5,7,11,19H,6,8-10,12-13H2. The van der Waals surface area contributed by atoms with Crippen molar-refractivity contribution in [3.8, 4) is 11.4 Å². The van der Waals surface area contributed by atoms with Gasteiger partial charge in [-0.15, -0.1) is 0 Å². The van der Waals surface area contributed by atoms with E-state index in [4.69, 9.17) is 4.74 Å². The van der Waals surface area contributed by atoms with Crippen LogP contribution in [0.5, 0.6) is 0 Å². The van der Waals surface area contributed by atoms with E-state index in [1.807, 2.05) is 35.2 Å². The molecule has 4 heterocycles. The summed E-state index contributed by atoms with van der Waals surface area (Å²) in [5.74, 6) is 0.0182. The van der Waals surface area contributed by atoms with E-state index in [1.165, 1.54) is 0 Å². The number of rotatable bonds is 2. The summed E-state index contributed by atoms with van der Waals surface area (Å²) in [5.41, 5.74) is 1.97. The van der Waals surface area contributed by atoms with Crippen LogP contribution in [-0.4, -0.2) is 59.2 Å². The van der Waals surface area contributed by atoms with Crippen molar-refractivity contribution >= 4 is 5.91 Å². The molecule has 124 valence electrons. The smallest absolute Gasteiger partial charge is 0.255 e. The maximum atomic E-state index is 12.8. The number of nitrogens with zero attached hydrogens (tertiary/aromatic N) is 3. The minimum atomic E-state index is -0.213. The molecule has 2 aromatic rings. The van der Waals surface area contributed by atoms with Crippen LogP contribution in [0.15, 0.2) is 42.7 Å². The molecule has 2 aliphatic heterocycles. The first kappa shape index (κ1) is 15.2. The number of hydrogen-bond donors (Lipinski definition) is 1. The summed E-state index contributed by atoms with van der Waals surface area (Å²) in [6.45, 7) is 3.62. The second-order valence-electron chi connectivity index (χ2n) is 6.33. The number of hydrogen-bond acceptors (Lipinski definition) is 5. The van der Waals surface area contributed by atoms with Gasteiger partial charge in [0.2, 0.25) is 0 Å². The van der Waals surface area contributed by atoms with E-state index in [2.05, 4.69) is 15.3 Å². The molecule has 0 saturated carbocycles. The fraction of sp³-hybridized carbons (Fsp3) is 0.389. The van der Waals surface area contributed by atoms with Crippen molar-refractivity contribution in [2.24, 2.45) is 0 Å². The highest BCUT2D eigenvalue weighted by atomic mass is 16.5. The van der Waals surface area contributed by atoms with E-state index in [1.54, 1.807) is 12.4 Å². The number of carbonyl (C=O) groups excluding carboxylic acids is 1. The van der Waals surface area contributed by atoms with Crippen LogP contribution in [0.3, 0.4) is 0 Å². The van der Waals surface area contributed by atoms with Gasteiger partial charge in [0, 0.05) is 25.5 Å². The Kier molecular flexibility index (Phi) is 4.00. The third-order valence-electron chi connectivity index (χ3n) is 4.68. The largest absolute Gasteiger partial charge is 0.370 e. The summed E-state index contributed by atoms with van der Waals surface area (Å²) in [4.78, 5) is 23.3. The van der Waals surface area contributed by atoms with Gasteiger partial charge < -0.3 is 15.0 Å². The van der Waals surface area contributed by atoms with Crippen LogP contribution in [0, 0.1) is 0 Å². The minimum Gasteiger partial charge on any atom is -0.370 e. The lowest BCUT2D eigenvalue weighted by atomic mass is 10.00. The van der Waals surface area contributed by atoms with Gasteiger partial charge in [0.25, 0.3) is 5.91 Å². The quantitative estimate of drug-likeness (QED) is 0.903. The monoisotopic (exact) mass is 324 g/mol. The molecule has 1 N–H and O–H groups in total. The van der Waals surface area contributed by atoms with Crippen LogP contribution in [0.1, 0.15) is 16.8 Å². The number of nitrogens with one attached hydrogen (secondary N) is 1. The van der Waals surface area contributed by atoms with E-state index in [9.17, 15) is 4.79 Å². The number of ether oxygens (including phenoxy) is 1. The Morgan fingerprint density at radius 3 is 2.83 bits per heavy atom. The maximum absolute atomic E-state index is 12.8. The Morgan fingerprint density at radius 2 is 2.12 bits per heavy atom. The zero-order valence-corrected chi connectivity index (χ0v) is 13.4. The van der Waals surface area contributed by atoms with E-state index >= 15 is 0 Å². The van der Waals surface area contributed by atoms with Crippen LogP contribution < -0.4 is 5.32 Å². The summed E-state index contributed by atoms with van der Waals surface area (Å²) in [6.07, 6.45) is 4.33. The third kappa shape index (κ3) is 2.90. The molecule has 4 rings (SSSR count). The highest BCUT2D eigenvalue weighted by molar-refractivity contribution is 5.94. The molecule has 6 heteroatoms. The second-order valence-corrected chi connectivity index (χ2v) is 6.33. The third-order valence-corrected chi connectivity index (χ3v) is 4.68. The van der Waals surface area contributed by atoms with Gasteiger partial charge in [-0.3, -0.25) is 14.8 Å². The molecule has 0 aliphatic carbocycles. The van der Waals surface area contributed by atoms with E-state index < -0.39 is 0 Å². The number of pyridine rings is 2. The Morgan fingerprint density at radius 1 is 1.21 bits per heavy atom. The number of aromatic nitrogens is 2. The SMILES string of the molecule is O=C(c1ccc(-c2ccccn2)nc1)N1CCOC2(CCNC2)C1. The predicted molar refractivity (Wildman–Crippen MR) is 89.5 cm³/mol. The maximum Gasteiger partial charge on any atom is 0.255 e. The Balaban J connectivity index is 1.50. The Labute approximate surface area is 140 Å². The summed E-state index contributed by atoms with van der Waals surface area (Å²) < 4.78 is 5.94. The normalized spacial score (nSPS) is 23.6. The van der Waals surface area contributed by atoms with Crippen molar-refractivity contribution in [1.82, 2.24) is 20.2 Å². The molecule has 1 spiro atoms. The zero-order chi connectivity index (χ0) is 16.4. The van der Waals surface area contributed by atoms with Gasteiger partial charge in [0.1, 0.15) is 0 Å². The lowest BCUT2D eigenvalue weighted by Gasteiger charge is -2.40. The summed E-state index contributed by atoms with van der Waals surface area (Å²) in [5, 5.41) is 3.33. The fourth-order valence-electron chi connectivity index (χ4n) is 3.37. The van der Waals surface area contributed by atoms with E-state index in [-0.39, 0.29) is 11.5 Å². The van der Waals surface area contributed by atoms with Crippen molar-refractivity contribution in [3.05, 3.63) is 48.3 Å². The number of carbonyl (C=O) groups is 1. The topological polar surface area (TPSA) is 67.4 Å². The van der Waals surface area contributed by atoms with Gasteiger partial charge in [-0.25, -0.2) is 0 Å². The molecular weight excluding hydrogens is 304 g/mol. The van der Waals surface area contributed by atoms with Crippen molar-refractivity contribution in [3.63, 3.8) is 0 Å². The summed E-state index contributed by atoms with van der Waals surface area (Å²) >= 11 is 0. The van der Waals surface area contributed by atoms with Crippen LogP contribution in [-0.2, 0) is 4.74 Å². The average molecular weight is 324 g/mol. The lowest BCUT2D eigenvalue weighted by Crippen LogP contribution is -2.54. The molecule has 2 fully saturated rings. The Hall–Kier alpha value is -2.31. The van der Waals surface area contributed by atoms with Gasteiger partial charge in [-0.1, -0.05) is 6.07 Å². The molecule has 2 aliphatic rings. The van der Waals surface area contributed by atoms with Gasteiger partial charge in [0.15, 0.2) is 0 Å². The van der Waals surface area contributed by atoms with Crippen LogP contribution in [0.4, 0.5) is 0 Å². The van der Waals surface area contributed by atoms with Crippen LogP contribution >= 0.6 is 0 Å². The predicted octanol–water partition coefficient (Wildman–Crippen LogP) is 1.35. The molecule has 0 radical (unpaired) electrons. The molecule has 1 unspecified atom stereocenters. The first-order valence-corrected chi connectivity index (χ1v) is 8.27. The molecular formula is C18H20N4O2. The molecule has 1 atom stereocenters. The van der Waals surface area contributed by atoms with Crippen molar-refractivity contribution in [1.29, 1.82) is 0 Å². The van der Waals surface area contributed by atoms with Crippen LogP contribution in [0.25, 0.3) is 11.4 Å². The molecule has 2 aromatic heterocycles. The van der Waals surface area contributed by atoms with E-state index in [0.717, 1.165) is 30.9 Å². The first-order chi connectivity index (χ1) is 11.8. The van der Waals surface area contributed by atoms with Gasteiger partial charge in [-0.2, -0.15) is 0 Å². The summed E-state index contributed by atoms with van der Waals surface area (Å²) in [7, 11) is 0. The molecule has 24 heavy (non-hydrogen) atoms. The van der Waals surface area contributed by atoms with Gasteiger partial charge in [0.05, 0.1) is 35.7 Å². The highest BCUT2D eigenvalue weighted by Crippen LogP contribution is 2.25. The minimum absolute atomic E-state index is 0.0182. The van der Waals surface area contributed by atoms with Crippen LogP contribution in [0.2, 0.25) is 0 Å². The number of amides is 1. The Bertz CT molecular complexity index is 712. The fourth-order valence-corrected chi connectivity index (χ4v) is 3.37. The molecule has 0 bridgehead atoms. The molecule has 0 aromatic carbocycles. The second kappa shape index (κ2) is 6.30. The van der Waals surface area contributed by atoms with E-state index in [0.29, 0.717) is 25.3 Å². The number of morpholine rings is 1. The molecule has 2 saturated heterocycles. The zero-order valence-electron chi connectivity index (χ0n) is 13.4. The molecule has 1 amide bonds. The first-order valence-electron chi connectivity index (χ1n) is 8.27. The summed E-state index contributed by atoms with van der Waals surface area (Å²) in [6, 6.07) is 9.37. The van der Waals surface area contributed by atoms with Gasteiger partial charge in [-0.05, 0) is 37.2 Å². The van der Waals surface area contributed by atoms with Crippen molar-refractivity contribution < 1.29 is 9.53 Å². The highest BCUT2D eigenvalue weighted by Gasteiger charge is 2.40. The molecule has 6 nitrogen and oxygen atoms in total. The lowest BCUT2D eigenvalue weighted by molar-refractivity contribution is -0.0866.